The van der Waals surface area contributed by atoms with E-state index in [0.29, 0.717) is 16.8 Å². The highest BCUT2D eigenvalue weighted by atomic mass is 35.5. The smallest absolute Gasteiger partial charge is 0.164 e. The van der Waals surface area contributed by atoms with Crippen LogP contribution in [-0.4, -0.2) is 31.7 Å². The highest BCUT2D eigenvalue weighted by molar-refractivity contribution is 6.33. The number of halogens is 1. The predicted octanol–water partition coefficient (Wildman–Crippen LogP) is 1.27. The first-order valence-electron chi connectivity index (χ1n) is 4.72. The Morgan fingerprint density at radius 1 is 1.47 bits per heavy atom. The summed E-state index contributed by atoms with van der Waals surface area (Å²) >= 11 is 5.89. The molecule has 0 bridgehead atoms. The number of fused-ring (bicyclic) bond motifs is 1. The van der Waals surface area contributed by atoms with Crippen LogP contribution in [0.1, 0.15) is 6.92 Å². The van der Waals surface area contributed by atoms with Gasteiger partial charge in [-0.25, -0.2) is 15.0 Å². The zero-order valence-electron chi connectivity index (χ0n) is 8.09. The van der Waals surface area contributed by atoms with E-state index in [1.807, 2.05) is 11.5 Å². The van der Waals surface area contributed by atoms with Crippen LogP contribution in [-0.2, 0) is 11.3 Å². The quantitative estimate of drug-likeness (QED) is 0.569. The molecule has 2 atom stereocenters. The van der Waals surface area contributed by atoms with Crippen molar-refractivity contribution in [3.8, 4) is 0 Å². The average molecular weight is 225 g/mol. The lowest BCUT2D eigenvalue weighted by molar-refractivity contribution is 0.362. The van der Waals surface area contributed by atoms with Gasteiger partial charge in [0.15, 0.2) is 10.8 Å². The summed E-state index contributed by atoms with van der Waals surface area (Å²) in [4.78, 5) is 12.2. The molecule has 0 radical (unpaired) electrons. The molecule has 2 aromatic heterocycles. The number of imidazole rings is 1. The van der Waals surface area contributed by atoms with E-state index in [0.717, 1.165) is 12.2 Å². The van der Waals surface area contributed by atoms with Crippen LogP contribution in [0.4, 0.5) is 0 Å². The van der Waals surface area contributed by atoms with Gasteiger partial charge in [0, 0.05) is 0 Å². The highest BCUT2D eigenvalue weighted by Crippen LogP contribution is 2.25. The van der Waals surface area contributed by atoms with Crippen LogP contribution in [0.3, 0.4) is 0 Å². The third-order valence-electron chi connectivity index (χ3n) is 2.57. The molecule has 15 heavy (non-hydrogen) atoms. The van der Waals surface area contributed by atoms with Crippen LogP contribution in [0.15, 0.2) is 12.7 Å². The summed E-state index contributed by atoms with van der Waals surface area (Å²) in [6.45, 7) is 2.82. The summed E-state index contributed by atoms with van der Waals surface area (Å²) in [6, 6.07) is 0. The van der Waals surface area contributed by atoms with Crippen LogP contribution < -0.4 is 0 Å². The number of rotatable bonds is 2. The van der Waals surface area contributed by atoms with Gasteiger partial charge in [-0.15, -0.1) is 0 Å². The van der Waals surface area contributed by atoms with Gasteiger partial charge in [0.1, 0.15) is 17.9 Å². The van der Waals surface area contributed by atoms with E-state index in [1.54, 1.807) is 6.33 Å². The molecule has 0 amide bonds. The minimum atomic E-state index is 0.274. The van der Waals surface area contributed by atoms with Crippen LogP contribution in [0.5, 0.6) is 0 Å². The molecule has 0 spiro atoms. The maximum Gasteiger partial charge on any atom is 0.164 e. The van der Waals surface area contributed by atoms with Crippen LogP contribution in [0, 0.1) is 0 Å². The summed E-state index contributed by atoms with van der Waals surface area (Å²) in [5.74, 6) is 0. The normalized spacial score (nSPS) is 24.7. The standard InChI is InChI=1S/C9H9ClN4O/c1-5-6(15-5)2-14-4-13-7-8(10)11-3-12-9(7)14/h3-6H,2H2,1H3. The Hall–Kier alpha value is -1.20. The van der Waals surface area contributed by atoms with Crippen LogP contribution in [0.25, 0.3) is 11.2 Å². The summed E-state index contributed by atoms with van der Waals surface area (Å²) in [5, 5.41) is 0.392. The Morgan fingerprint density at radius 2 is 2.27 bits per heavy atom. The molecule has 6 heteroatoms. The van der Waals surface area contributed by atoms with E-state index in [9.17, 15) is 0 Å². The van der Waals surface area contributed by atoms with Gasteiger partial charge < -0.3 is 9.30 Å². The Bertz CT molecular complexity index is 512. The van der Waals surface area contributed by atoms with Gasteiger partial charge in [0.25, 0.3) is 0 Å². The van der Waals surface area contributed by atoms with Gasteiger partial charge in [-0.3, -0.25) is 0 Å². The Labute approximate surface area is 91.1 Å². The Balaban J connectivity index is 2.01. The molecular formula is C9H9ClN4O. The first-order valence-corrected chi connectivity index (χ1v) is 5.10. The Kier molecular flexibility index (Phi) is 1.90. The second kappa shape index (κ2) is 3.15. The van der Waals surface area contributed by atoms with E-state index >= 15 is 0 Å². The number of hydrogen-bond acceptors (Lipinski definition) is 4. The zero-order valence-corrected chi connectivity index (χ0v) is 8.85. The third-order valence-corrected chi connectivity index (χ3v) is 2.85. The fourth-order valence-corrected chi connectivity index (χ4v) is 1.78. The second-order valence-electron chi connectivity index (χ2n) is 3.61. The van der Waals surface area contributed by atoms with Crippen molar-refractivity contribution in [2.75, 3.05) is 0 Å². The first kappa shape index (κ1) is 9.06. The number of aromatic nitrogens is 4. The number of hydrogen-bond donors (Lipinski definition) is 0. The summed E-state index contributed by atoms with van der Waals surface area (Å²) in [5.41, 5.74) is 1.41. The second-order valence-corrected chi connectivity index (χ2v) is 3.97. The van der Waals surface area contributed by atoms with Crippen molar-refractivity contribution >= 4 is 22.8 Å². The van der Waals surface area contributed by atoms with E-state index in [4.69, 9.17) is 16.3 Å². The van der Waals surface area contributed by atoms with Crippen molar-refractivity contribution in [1.29, 1.82) is 0 Å². The zero-order chi connectivity index (χ0) is 10.4. The molecule has 2 unspecified atom stereocenters. The minimum Gasteiger partial charge on any atom is -0.368 e. The van der Waals surface area contributed by atoms with Gasteiger partial charge in [-0.2, -0.15) is 0 Å². The maximum atomic E-state index is 5.89. The molecule has 1 saturated heterocycles. The predicted molar refractivity (Wildman–Crippen MR) is 54.7 cm³/mol. The molecule has 78 valence electrons. The summed E-state index contributed by atoms with van der Waals surface area (Å²) < 4.78 is 7.29. The molecule has 0 aliphatic carbocycles. The van der Waals surface area contributed by atoms with E-state index in [2.05, 4.69) is 15.0 Å². The van der Waals surface area contributed by atoms with Crippen molar-refractivity contribution in [2.45, 2.75) is 25.7 Å². The van der Waals surface area contributed by atoms with Crippen molar-refractivity contribution in [2.24, 2.45) is 0 Å². The Morgan fingerprint density at radius 3 is 3.00 bits per heavy atom. The lowest BCUT2D eigenvalue weighted by Crippen LogP contribution is -2.05. The average Bonchev–Trinajstić information content (AvgIpc) is 2.75. The maximum absolute atomic E-state index is 5.89. The molecule has 3 heterocycles. The van der Waals surface area contributed by atoms with Crippen LogP contribution in [0.2, 0.25) is 5.15 Å². The molecule has 2 aromatic rings. The number of ether oxygens (including phenoxy) is 1. The molecule has 5 nitrogen and oxygen atoms in total. The fourth-order valence-electron chi connectivity index (χ4n) is 1.60. The molecule has 1 aliphatic rings. The summed E-state index contributed by atoms with van der Waals surface area (Å²) in [7, 11) is 0. The molecule has 0 saturated carbocycles. The van der Waals surface area contributed by atoms with Gasteiger partial charge >= 0.3 is 0 Å². The number of epoxide rings is 1. The van der Waals surface area contributed by atoms with Gasteiger partial charge in [-0.1, -0.05) is 11.6 Å². The molecule has 1 fully saturated rings. The third kappa shape index (κ3) is 1.48. The molecule has 3 rings (SSSR count). The topological polar surface area (TPSA) is 56.1 Å². The van der Waals surface area contributed by atoms with E-state index < -0.39 is 0 Å². The lowest BCUT2D eigenvalue weighted by atomic mass is 10.3. The van der Waals surface area contributed by atoms with Crippen molar-refractivity contribution < 1.29 is 4.74 Å². The molecule has 1 aliphatic heterocycles. The first-order chi connectivity index (χ1) is 7.25. The minimum absolute atomic E-state index is 0.274. The molecule has 0 N–H and O–H groups in total. The van der Waals surface area contributed by atoms with Gasteiger partial charge in [0.05, 0.1) is 19.0 Å². The van der Waals surface area contributed by atoms with Gasteiger partial charge in [0.2, 0.25) is 0 Å². The van der Waals surface area contributed by atoms with Crippen molar-refractivity contribution in [3.63, 3.8) is 0 Å². The van der Waals surface area contributed by atoms with Gasteiger partial charge in [-0.05, 0) is 6.92 Å². The van der Waals surface area contributed by atoms with E-state index in [1.165, 1.54) is 6.33 Å². The largest absolute Gasteiger partial charge is 0.368 e. The SMILES string of the molecule is CC1OC1Cn1cnc2c(Cl)ncnc21. The van der Waals surface area contributed by atoms with Crippen LogP contribution >= 0.6 is 11.6 Å². The van der Waals surface area contributed by atoms with E-state index in [-0.39, 0.29) is 6.10 Å². The number of nitrogens with zero attached hydrogens (tertiary/aromatic N) is 4. The molecule has 0 aromatic carbocycles. The summed E-state index contributed by atoms with van der Waals surface area (Å²) in [6.07, 6.45) is 3.77. The monoisotopic (exact) mass is 224 g/mol. The highest BCUT2D eigenvalue weighted by Gasteiger charge is 2.34. The van der Waals surface area contributed by atoms with Crippen molar-refractivity contribution in [3.05, 3.63) is 17.8 Å². The lowest BCUT2D eigenvalue weighted by Gasteiger charge is -1.99. The fraction of sp³-hybridized carbons (Fsp3) is 0.444. The molecular weight excluding hydrogens is 216 g/mol. The van der Waals surface area contributed by atoms with Crippen molar-refractivity contribution in [1.82, 2.24) is 19.5 Å².